The van der Waals surface area contributed by atoms with Crippen LogP contribution in [-0.2, 0) is 5.41 Å². The average Bonchev–Trinajstić information content (AvgIpc) is 3.86. The molecule has 0 N–H and O–H groups in total. The SMILES string of the molecule is CC(C)(C)c1cc(-c2ccccc2-n2c3ccccc3c3c4c5ccccc5n(-c5ccccc5)c4ccc32)cc2c3ccccc3n(-c3ccccc3)c12. The molecule has 0 saturated carbocycles. The van der Waals surface area contributed by atoms with Crippen molar-refractivity contribution >= 4 is 65.4 Å². The van der Waals surface area contributed by atoms with E-state index in [4.69, 9.17) is 0 Å². The van der Waals surface area contributed by atoms with E-state index in [0.29, 0.717) is 0 Å². The summed E-state index contributed by atoms with van der Waals surface area (Å²) in [6.45, 7) is 7.03. The molecule has 3 nitrogen and oxygen atoms in total. The highest BCUT2D eigenvalue weighted by atomic mass is 15.0. The van der Waals surface area contributed by atoms with Gasteiger partial charge in [-0.15, -0.1) is 0 Å². The predicted molar refractivity (Wildman–Crippen MR) is 234 cm³/mol. The van der Waals surface area contributed by atoms with Crippen molar-refractivity contribution in [1.29, 1.82) is 0 Å². The van der Waals surface area contributed by atoms with Crippen molar-refractivity contribution < 1.29 is 0 Å². The van der Waals surface area contributed by atoms with E-state index >= 15 is 0 Å². The molecule has 0 unspecified atom stereocenters. The minimum absolute atomic E-state index is 0.116. The van der Waals surface area contributed by atoms with Gasteiger partial charge in [0.15, 0.2) is 0 Å². The topological polar surface area (TPSA) is 14.8 Å². The summed E-state index contributed by atoms with van der Waals surface area (Å²) in [7, 11) is 0. The monoisotopic (exact) mass is 705 g/mol. The summed E-state index contributed by atoms with van der Waals surface area (Å²) >= 11 is 0. The lowest BCUT2D eigenvalue weighted by Crippen LogP contribution is -2.13. The molecule has 0 saturated heterocycles. The number of rotatable bonds is 4. The fourth-order valence-electron chi connectivity index (χ4n) is 9.22. The van der Waals surface area contributed by atoms with Crippen LogP contribution in [0.1, 0.15) is 26.3 Å². The maximum atomic E-state index is 2.50. The van der Waals surface area contributed by atoms with E-state index in [0.717, 1.165) is 0 Å². The summed E-state index contributed by atoms with van der Waals surface area (Å²) in [5, 5.41) is 7.62. The Morgan fingerprint density at radius 3 is 1.45 bits per heavy atom. The van der Waals surface area contributed by atoms with E-state index in [-0.39, 0.29) is 5.41 Å². The molecule has 0 amide bonds. The molecular weight excluding hydrogens is 667 g/mol. The van der Waals surface area contributed by atoms with Gasteiger partial charge in [0.2, 0.25) is 0 Å². The first-order valence-electron chi connectivity index (χ1n) is 19.2. The van der Waals surface area contributed by atoms with E-state index < -0.39 is 0 Å². The van der Waals surface area contributed by atoms with Crippen LogP contribution in [0.5, 0.6) is 0 Å². The highest BCUT2D eigenvalue weighted by Gasteiger charge is 2.26. The van der Waals surface area contributed by atoms with E-state index in [2.05, 4.69) is 216 Å². The molecule has 3 aromatic heterocycles. The molecule has 0 fully saturated rings. The molecular formula is C52H39N3. The lowest BCUT2D eigenvalue weighted by atomic mass is 9.83. The predicted octanol–water partition coefficient (Wildman–Crippen LogP) is 13.9. The molecule has 0 radical (unpaired) electrons. The van der Waals surface area contributed by atoms with Gasteiger partial charge in [-0.05, 0) is 89.3 Å². The fourth-order valence-corrected chi connectivity index (χ4v) is 9.22. The molecule has 8 aromatic carbocycles. The highest BCUT2D eigenvalue weighted by molar-refractivity contribution is 6.29. The number of fused-ring (bicyclic) bond motifs is 10. The zero-order chi connectivity index (χ0) is 36.8. The summed E-state index contributed by atoms with van der Waals surface area (Å²) in [6.07, 6.45) is 0. The Kier molecular flexibility index (Phi) is 6.81. The summed E-state index contributed by atoms with van der Waals surface area (Å²) in [5.41, 5.74) is 14.5. The van der Waals surface area contributed by atoms with Gasteiger partial charge in [0.25, 0.3) is 0 Å². The van der Waals surface area contributed by atoms with E-state index in [9.17, 15) is 0 Å². The number of para-hydroxylation sites is 6. The molecule has 3 heteroatoms. The Balaban J connectivity index is 1.23. The van der Waals surface area contributed by atoms with Crippen molar-refractivity contribution in [3.05, 3.63) is 188 Å². The maximum Gasteiger partial charge on any atom is 0.0578 e. The third-order valence-electron chi connectivity index (χ3n) is 11.5. The normalized spacial score (nSPS) is 12.3. The second-order valence-electron chi connectivity index (χ2n) is 15.8. The highest BCUT2D eigenvalue weighted by Crippen LogP contribution is 2.45. The van der Waals surface area contributed by atoms with Gasteiger partial charge in [0.05, 0.1) is 38.8 Å². The Morgan fingerprint density at radius 2 is 0.836 bits per heavy atom. The number of benzene rings is 8. The molecule has 55 heavy (non-hydrogen) atoms. The van der Waals surface area contributed by atoms with Gasteiger partial charge in [-0.2, -0.15) is 0 Å². The van der Waals surface area contributed by atoms with Crippen LogP contribution < -0.4 is 0 Å². The molecule has 0 atom stereocenters. The molecule has 0 aliphatic rings. The number of hydrogen-bond acceptors (Lipinski definition) is 0. The second kappa shape index (κ2) is 11.8. The van der Waals surface area contributed by atoms with Gasteiger partial charge in [-0.1, -0.05) is 130 Å². The van der Waals surface area contributed by atoms with Crippen molar-refractivity contribution in [3.8, 4) is 28.2 Å². The van der Waals surface area contributed by atoms with Crippen molar-refractivity contribution in [3.63, 3.8) is 0 Å². The van der Waals surface area contributed by atoms with Gasteiger partial charge in [0.1, 0.15) is 0 Å². The summed E-state index contributed by atoms with van der Waals surface area (Å²) in [4.78, 5) is 0. The Bertz CT molecular complexity index is 3280. The third-order valence-corrected chi connectivity index (χ3v) is 11.5. The Labute approximate surface area is 319 Å². The molecule has 3 heterocycles. The van der Waals surface area contributed by atoms with Crippen molar-refractivity contribution in [1.82, 2.24) is 13.7 Å². The van der Waals surface area contributed by atoms with Crippen LogP contribution in [0.4, 0.5) is 0 Å². The first kappa shape index (κ1) is 31.7. The van der Waals surface area contributed by atoms with Gasteiger partial charge in [0, 0.05) is 49.3 Å². The van der Waals surface area contributed by atoms with Crippen molar-refractivity contribution in [2.24, 2.45) is 0 Å². The van der Waals surface area contributed by atoms with Gasteiger partial charge < -0.3 is 13.7 Å². The summed E-state index contributed by atoms with van der Waals surface area (Å²) in [5.74, 6) is 0. The van der Waals surface area contributed by atoms with Crippen LogP contribution in [0.25, 0.3) is 93.6 Å². The lowest BCUT2D eigenvalue weighted by molar-refractivity contribution is 0.594. The van der Waals surface area contributed by atoms with Crippen LogP contribution >= 0.6 is 0 Å². The van der Waals surface area contributed by atoms with Crippen LogP contribution in [0.2, 0.25) is 0 Å². The summed E-state index contributed by atoms with van der Waals surface area (Å²) < 4.78 is 7.38. The average molecular weight is 706 g/mol. The van der Waals surface area contributed by atoms with E-state index in [1.54, 1.807) is 0 Å². The summed E-state index contributed by atoms with van der Waals surface area (Å²) in [6, 6.07) is 66.7. The Hall–Kier alpha value is -6.84. The molecule has 0 bridgehead atoms. The number of aromatic nitrogens is 3. The van der Waals surface area contributed by atoms with Crippen LogP contribution in [0.3, 0.4) is 0 Å². The zero-order valence-electron chi connectivity index (χ0n) is 31.2. The van der Waals surface area contributed by atoms with Gasteiger partial charge >= 0.3 is 0 Å². The van der Waals surface area contributed by atoms with Crippen LogP contribution in [-0.4, -0.2) is 13.7 Å². The van der Waals surface area contributed by atoms with Crippen molar-refractivity contribution in [2.75, 3.05) is 0 Å². The first-order chi connectivity index (χ1) is 27.0. The molecule has 262 valence electrons. The molecule has 0 aliphatic heterocycles. The maximum absolute atomic E-state index is 2.50. The van der Waals surface area contributed by atoms with Gasteiger partial charge in [-0.25, -0.2) is 0 Å². The largest absolute Gasteiger partial charge is 0.309 e. The molecule has 11 rings (SSSR count). The number of hydrogen-bond donors (Lipinski definition) is 0. The van der Waals surface area contributed by atoms with Crippen LogP contribution in [0, 0.1) is 0 Å². The van der Waals surface area contributed by atoms with E-state index in [1.807, 2.05) is 0 Å². The zero-order valence-corrected chi connectivity index (χ0v) is 31.2. The van der Waals surface area contributed by atoms with Crippen LogP contribution in [0.15, 0.2) is 182 Å². The second-order valence-corrected chi connectivity index (χ2v) is 15.8. The molecule has 11 aromatic rings. The first-order valence-corrected chi connectivity index (χ1v) is 19.2. The minimum Gasteiger partial charge on any atom is -0.309 e. The van der Waals surface area contributed by atoms with E-state index in [1.165, 1.54) is 99.2 Å². The lowest BCUT2D eigenvalue weighted by Gasteiger charge is -2.24. The van der Waals surface area contributed by atoms with Gasteiger partial charge in [-0.3, -0.25) is 0 Å². The Morgan fingerprint density at radius 1 is 0.364 bits per heavy atom. The van der Waals surface area contributed by atoms with Crippen molar-refractivity contribution in [2.45, 2.75) is 26.2 Å². The molecule has 0 spiro atoms. The molecule has 0 aliphatic carbocycles. The number of nitrogens with zero attached hydrogens (tertiary/aromatic N) is 3. The minimum atomic E-state index is -0.116. The quantitative estimate of drug-likeness (QED) is 0.173. The fraction of sp³-hybridized carbons (Fsp3) is 0.0769. The standard InChI is InChI=1S/C52H39N3/c1-52(2,3)42-33-34(32-41-38-23-11-15-27-44(38)54(51(41)42)36-20-8-5-9-21-36)37-22-10-14-26-43(37)55-46-29-17-13-25-40(46)50-48(55)31-30-47-49(50)39-24-12-16-28-45(39)53(47)35-18-6-4-7-19-35/h4-33H,1-3H3. The smallest absolute Gasteiger partial charge is 0.0578 e. The third kappa shape index (κ3) is 4.63.